The zero-order valence-corrected chi connectivity index (χ0v) is 14.8. The quantitative estimate of drug-likeness (QED) is 0.538. The number of benzene rings is 2. The van der Waals surface area contributed by atoms with E-state index in [1.54, 1.807) is 19.1 Å². The summed E-state index contributed by atoms with van der Waals surface area (Å²) in [4.78, 5) is 24.4. The number of allylic oxidation sites excluding steroid dienone is 1. The number of hydrogen-bond donors (Lipinski definition) is 3. The van der Waals surface area contributed by atoms with Crippen molar-refractivity contribution in [1.82, 2.24) is 10.6 Å². The van der Waals surface area contributed by atoms with Gasteiger partial charge in [0.25, 0.3) is 0 Å². The van der Waals surface area contributed by atoms with Crippen molar-refractivity contribution in [3.63, 3.8) is 0 Å². The van der Waals surface area contributed by atoms with Crippen LogP contribution in [0, 0.1) is 0 Å². The van der Waals surface area contributed by atoms with Gasteiger partial charge in [0.05, 0.1) is 11.6 Å². The van der Waals surface area contributed by atoms with E-state index in [-0.39, 0.29) is 24.5 Å². The molecule has 0 aliphatic carbocycles. The Bertz CT molecular complexity index is 864. The third-order valence-electron chi connectivity index (χ3n) is 4.02. The van der Waals surface area contributed by atoms with E-state index < -0.39 is 18.0 Å². The first-order valence-electron chi connectivity index (χ1n) is 8.47. The Kier molecular flexibility index (Phi) is 5.61. The van der Waals surface area contributed by atoms with Crippen LogP contribution < -0.4 is 15.4 Å². The van der Waals surface area contributed by atoms with Crippen molar-refractivity contribution in [1.29, 1.82) is 0 Å². The number of para-hydroxylation sites is 1. The fourth-order valence-corrected chi connectivity index (χ4v) is 2.81. The average molecular weight is 368 g/mol. The summed E-state index contributed by atoms with van der Waals surface area (Å²) < 4.78 is 10.8. The van der Waals surface area contributed by atoms with Crippen molar-refractivity contribution in [3.05, 3.63) is 71.4 Å². The predicted octanol–water partition coefficient (Wildman–Crippen LogP) is 2.64. The molecule has 0 saturated heterocycles. The van der Waals surface area contributed by atoms with E-state index in [0.29, 0.717) is 17.0 Å². The Labute approximate surface area is 156 Å². The highest BCUT2D eigenvalue weighted by Gasteiger charge is 2.32. The van der Waals surface area contributed by atoms with Gasteiger partial charge in [-0.2, -0.15) is 0 Å². The number of phenolic OH excluding ortho intramolecular Hbond substituents is 1. The molecule has 1 aliphatic heterocycles. The number of esters is 1. The maximum absolute atomic E-state index is 12.6. The molecule has 0 fully saturated rings. The highest BCUT2D eigenvalue weighted by Crippen LogP contribution is 2.29. The molecule has 7 nitrogen and oxygen atoms in total. The first kappa shape index (κ1) is 18.3. The van der Waals surface area contributed by atoms with Crippen LogP contribution in [0.3, 0.4) is 0 Å². The summed E-state index contributed by atoms with van der Waals surface area (Å²) in [5.74, 6) is 0.167. The van der Waals surface area contributed by atoms with Crippen molar-refractivity contribution in [2.45, 2.75) is 13.0 Å². The van der Waals surface area contributed by atoms with E-state index in [9.17, 15) is 14.7 Å². The van der Waals surface area contributed by atoms with Gasteiger partial charge in [0.2, 0.25) is 0 Å². The Morgan fingerprint density at radius 3 is 2.63 bits per heavy atom. The molecule has 0 bridgehead atoms. The smallest absolute Gasteiger partial charge is 0.338 e. The molecule has 0 spiro atoms. The van der Waals surface area contributed by atoms with Gasteiger partial charge in [0, 0.05) is 5.70 Å². The van der Waals surface area contributed by atoms with Crippen LogP contribution in [0.5, 0.6) is 11.5 Å². The number of aromatic hydroxyl groups is 1. The van der Waals surface area contributed by atoms with Crippen LogP contribution >= 0.6 is 0 Å². The molecule has 1 aliphatic rings. The summed E-state index contributed by atoms with van der Waals surface area (Å²) in [6, 6.07) is 14.4. The van der Waals surface area contributed by atoms with Crippen LogP contribution in [-0.4, -0.2) is 30.3 Å². The summed E-state index contributed by atoms with van der Waals surface area (Å²) >= 11 is 0. The van der Waals surface area contributed by atoms with E-state index in [2.05, 4.69) is 10.6 Å². The molecule has 140 valence electrons. The first-order chi connectivity index (χ1) is 13.0. The molecule has 0 aromatic heterocycles. The van der Waals surface area contributed by atoms with Crippen molar-refractivity contribution in [2.24, 2.45) is 0 Å². The van der Waals surface area contributed by atoms with E-state index in [4.69, 9.17) is 9.47 Å². The molecule has 0 radical (unpaired) electrons. The summed E-state index contributed by atoms with van der Waals surface area (Å²) in [5, 5.41) is 15.0. The molecule has 0 saturated carbocycles. The number of nitrogens with one attached hydrogen (secondary N) is 2. The summed E-state index contributed by atoms with van der Waals surface area (Å²) in [5.41, 5.74) is 1.26. The molecular formula is C20H20N2O5. The second kappa shape index (κ2) is 8.27. The minimum atomic E-state index is -0.714. The molecule has 2 aromatic carbocycles. The third kappa shape index (κ3) is 4.58. The van der Waals surface area contributed by atoms with Crippen LogP contribution in [0.25, 0.3) is 0 Å². The molecule has 1 atom stereocenters. The monoisotopic (exact) mass is 368 g/mol. The Morgan fingerprint density at radius 2 is 1.89 bits per heavy atom. The molecule has 2 aromatic rings. The minimum Gasteiger partial charge on any atom is -0.508 e. The zero-order chi connectivity index (χ0) is 19.2. The SMILES string of the molecule is CC1=C(C(=O)OCCOc2ccccc2)[C@@H](c2cccc(O)c2)NC(=O)N1. The molecule has 3 N–H and O–H groups in total. The second-order valence-corrected chi connectivity index (χ2v) is 5.96. The Morgan fingerprint density at radius 1 is 1.11 bits per heavy atom. The lowest BCUT2D eigenvalue weighted by molar-refractivity contribution is -0.140. The van der Waals surface area contributed by atoms with Crippen molar-refractivity contribution < 1.29 is 24.2 Å². The van der Waals surface area contributed by atoms with E-state index in [1.807, 2.05) is 30.3 Å². The van der Waals surface area contributed by atoms with Gasteiger partial charge < -0.3 is 25.2 Å². The molecule has 7 heteroatoms. The van der Waals surface area contributed by atoms with Gasteiger partial charge in [-0.15, -0.1) is 0 Å². The molecule has 2 amide bonds. The Hall–Kier alpha value is -3.48. The fraction of sp³-hybridized carbons (Fsp3) is 0.200. The largest absolute Gasteiger partial charge is 0.508 e. The number of carbonyl (C=O) groups excluding carboxylic acids is 2. The topological polar surface area (TPSA) is 96.9 Å². The van der Waals surface area contributed by atoms with Crippen LogP contribution in [0.2, 0.25) is 0 Å². The number of hydrogen-bond acceptors (Lipinski definition) is 5. The summed E-state index contributed by atoms with van der Waals surface area (Å²) in [6.45, 7) is 1.90. The number of phenols is 1. The minimum absolute atomic E-state index is 0.0434. The van der Waals surface area contributed by atoms with Crippen molar-refractivity contribution >= 4 is 12.0 Å². The lowest BCUT2D eigenvalue weighted by Crippen LogP contribution is -2.45. The van der Waals surface area contributed by atoms with E-state index in [0.717, 1.165) is 0 Å². The highest BCUT2D eigenvalue weighted by atomic mass is 16.6. The molecule has 0 unspecified atom stereocenters. The first-order valence-corrected chi connectivity index (χ1v) is 8.47. The second-order valence-electron chi connectivity index (χ2n) is 5.96. The van der Waals surface area contributed by atoms with Crippen molar-refractivity contribution in [2.75, 3.05) is 13.2 Å². The third-order valence-corrected chi connectivity index (χ3v) is 4.02. The fourth-order valence-electron chi connectivity index (χ4n) is 2.81. The number of amides is 2. The zero-order valence-electron chi connectivity index (χ0n) is 14.8. The summed E-state index contributed by atoms with van der Waals surface area (Å²) in [6.07, 6.45) is 0. The number of rotatable bonds is 6. The maximum atomic E-state index is 12.6. The van der Waals surface area contributed by atoms with Gasteiger partial charge in [0.15, 0.2) is 0 Å². The normalized spacial score (nSPS) is 16.3. The van der Waals surface area contributed by atoms with Crippen LogP contribution in [0.15, 0.2) is 65.9 Å². The van der Waals surface area contributed by atoms with Crippen LogP contribution in [0.4, 0.5) is 4.79 Å². The number of urea groups is 1. The molecule has 1 heterocycles. The van der Waals surface area contributed by atoms with Gasteiger partial charge in [0.1, 0.15) is 24.7 Å². The van der Waals surface area contributed by atoms with Gasteiger partial charge in [-0.3, -0.25) is 0 Å². The maximum Gasteiger partial charge on any atom is 0.338 e. The van der Waals surface area contributed by atoms with Gasteiger partial charge in [-0.25, -0.2) is 9.59 Å². The number of carbonyl (C=O) groups is 2. The van der Waals surface area contributed by atoms with Crippen molar-refractivity contribution in [3.8, 4) is 11.5 Å². The lowest BCUT2D eigenvalue weighted by Gasteiger charge is -2.28. The predicted molar refractivity (Wildman–Crippen MR) is 98.1 cm³/mol. The number of ether oxygens (including phenoxy) is 2. The average Bonchev–Trinajstić information content (AvgIpc) is 2.65. The molecule has 3 rings (SSSR count). The van der Waals surface area contributed by atoms with Gasteiger partial charge in [-0.05, 0) is 36.8 Å². The Balaban J connectivity index is 1.68. The highest BCUT2D eigenvalue weighted by molar-refractivity contribution is 5.95. The van der Waals surface area contributed by atoms with Crippen LogP contribution in [-0.2, 0) is 9.53 Å². The lowest BCUT2D eigenvalue weighted by atomic mass is 9.95. The van der Waals surface area contributed by atoms with Crippen LogP contribution in [0.1, 0.15) is 18.5 Å². The van der Waals surface area contributed by atoms with E-state index >= 15 is 0 Å². The summed E-state index contributed by atoms with van der Waals surface area (Å²) in [7, 11) is 0. The standard InChI is InChI=1S/C20H20N2O5/c1-13-17(19(24)27-11-10-26-16-8-3-2-4-9-16)18(22-20(25)21-13)14-6-5-7-15(23)12-14/h2-9,12,18,23H,10-11H2,1H3,(H2,21,22,25)/t18-/m1/s1. The molecular weight excluding hydrogens is 348 g/mol. The van der Waals surface area contributed by atoms with Gasteiger partial charge >= 0.3 is 12.0 Å². The van der Waals surface area contributed by atoms with E-state index in [1.165, 1.54) is 12.1 Å². The van der Waals surface area contributed by atoms with Gasteiger partial charge in [-0.1, -0.05) is 30.3 Å². The molecule has 27 heavy (non-hydrogen) atoms.